The van der Waals surface area contributed by atoms with Gasteiger partial charge in [0.25, 0.3) is 15.9 Å². The Labute approximate surface area is 177 Å². The van der Waals surface area contributed by atoms with Crippen LogP contribution in [0.15, 0.2) is 89.8 Å². The van der Waals surface area contributed by atoms with E-state index in [4.69, 9.17) is 0 Å². The van der Waals surface area contributed by atoms with E-state index in [1.165, 1.54) is 17.7 Å². The lowest BCUT2D eigenvalue weighted by molar-refractivity contribution is 0.0736. The molecule has 3 aromatic rings. The average molecular weight is 421 g/mol. The number of anilines is 1. The molecule has 1 N–H and O–H groups in total. The zero-order valence-corrected chi connectivity index (χ0v) is 17.4. The highest BCUT2D eigenvalue weighted by Crippen LogP contribution is 2.24. The molecule has 30 heavy (non-hydrogen) atoms. The van der Waals surface area contributed by atoms with Crippen LogP contribution in [0.4, 0.5) is 5.69 Å². The van der Waals surface area contributed by atoms with Crippen molar-refractivity contribution in [1.82, 2.24) is 4.90 Å². The van der Waals surface area contributed by atoms with Crippen LogP contribution in [0.25, 0.3) is 0 Å². The van der Waals surface area contributed by atoms with Crippen LogP contribution in [0.2, 0.25) is 0 Å². The van der Waals surface area contributed by atoms with E-state index < -0.39 is 10.0 Å². The second-order valence-corrected chi connectivity index (χ2v) is 9.16. The number of carbonyl (C=O) groups excluding carboxylic acids is 1. The molecule has 0 spiro atoms. The minimum Gasteiger partial charge on any atom is -0.335 e. The SMILES string of the molecule is O=C(c1ccc(S(=O)(=O)Nc2ccccc2)cc1)N1CCCC1Cc1ccccc1. The van der Waals surface area contributed by atoms with E-state index in [9.17, 15) is 13.2 Å². The van der Waals surface area contributed by atoms with Gasteiger partial charge >= 0.3 is 0 Å². The van der Waals surface area contributed by atoms with Crippen LogP contribution in [0.5, 0.6) is 0 Å². The molecule has 0 aliphatic carbocycles. The Bertz CT molecular complexity index is 1100. The summed E-state index contributed by atoms with van der Waals surface area (Å²) in [5, 5.41) is 0. The second-order valence-electron chi connectivity index (χ2n) is 7.48. The lowest BCUT2D eigenvalue weighted by Gasteiger charge is -2.25. The third-order valence-electron chi connectivity index (χ3n) is 5.39. The zero-order valence-electron chi connectivity index (χ0n) is 16.6. The molecule has 6 heteroatoms. The first-order valence-corrected chi connectivity index (χ1v) is 11.5. The number of benzene rings is 3. The summed E-state index contributed by atoms with van der Waals surface area (Å²) in [5.41, 5.74) is 2.22. The third-order valence-corrected chi connectivity index (χ3v) is 6.79. The van der Waals surface area contributed by atoms with Gasteiger partial charge in [0.1, 0.15) is 0 Å². The fourth-order valence-corrected chi connectivity index (χ4v) is 4.92. The monoisotopic (exact) mass is 420 g/mol. The number of nitrogens with zero attached hydrogens (tertiary/aromatic N) is 1. The molecule has 1 heterocycles. The third kappa shape index (κ3) is 4.54. The first-order chi connectivity index (χ1) is 14.5. The summed E-state index contributed by atoms with van der Waals surface area (Å²) in [6.45, 7) is 0.728. The summed E-state index contributed by atoms with van der Waals surface area (Å²) in [5.74, 6) is -0.0478. The van der Waals surface area contributed by atoms with Crippen molar-refractivity contribution in [2.75, 3.05) is 11.3 Å². The molecule has 3 aromatic carbocycles. The van der Waals surface area contributed by atoms with E-state index in [0.29, 0.717) is 11.3 Å². The topological polar surface area (TPSA) is 66.5 Å². The highest BCUT2D eigenvalue weighted by atomic mass is 32.2. The molecular weight excluding hydrogens is 396 g/mol. The number of rotatable bonds is 6. The standard InChI is InChI=1S/C24H24N2O3S/c27-24(26-17-7-12-22(26)18-19-8-3-1-4-9-19)20-13-15-23(16-14-20)30(28,29)25-21-10-5-2-6-11-21/h1-6,8-11,13-16,22,25H,7,12,17-18H2. The molecule has 1 atom stereocenters. The van der Waals surface area contributed by atoms with E-state index >= 15 is 0 Å². The van der Waals surface area contributed by atoms with Crippen molar-refractivity contribution in [3.05, 3.63) is 96.1 Å². The predicted octanol–water partition coefficient (Wildman–Crippen LogP) is 4.33. The lowest BCUT2D eigenvalue weighted by Crippen LogP contribution is -2.36. The van der Waals surface area contributed by atoms with Crippen molar-refractivity contribution in [3.63, 3.8) is 0 Å². The maximum absolute atomic E-state index is 13.1. The molecule has 1 aliphatic rings. The lowest BCUT2D eigenvalue weighted by atomic mass is 10.0. The van der Waals surface area contributed by atoms with Gasteiger partial charge in [-0.3, -0.25) is 9.52 Å². The number of sulfonamides is 1. The molecule has 1 aliphatic heterocycles. The van der Waals surface area contributed by atoms with Crippen LogP contribution < -0.4 is 4.72 Å². The maximum Gasteiger partial charge on any atom is 0.261 e. The van der Waals surface area contributed by atoms with Gasteiger partial charge in [0.2, 0.25) is 0 Å². The predicted molar refractivity (Wildman–Crippen MR) is 118 cm³/mol. The summed E-state index contributed by atoms with van der Waals surface area (Å²) < 4.78 is 27.7. The van der Waals surface area contributed by atoms with Crippen molar-refractivity contribution < 1.29 is 13.2 Å². The van der Waals surface area contributed by atoms with Crippen LogP contribution in [0.3, 0.4) is 0 Å². The highest BCUT2D eigenvalue weighted by molar-refractivity contribution is 7.92. The molecule has 1 amide bonds. The Balaban J connectivity index is 1.47. The smallest absolute Gasteiger partial charge is 0.261 e. The van der Waals surface area contributed by atoms with E-state index in [0.717, 1.165) is 25.8 Å². The minimum atomic E-state index is -3.70. The Kier molecular flexibility index (Phi) is 5.86. The molecule has 1 saturated heterocycles. The van der Waals surface area contributed by atoms with E-state index in [-0.39, 0.29) is 16.8 Å². The Morgan fingerprint density at radius 3 is 2.20 bits per heavy atom. The van der Waals surface area contributed by atoms with Gasteiger partial charge in [-0.2, -0.15) is 0 Å². The largest absolute Gasteiger partial charge is 0.335 e. The number of likely N-dealkylation sites (tertiary alicyclic amines) is 1. The van der Waals surface area contributed by atoms with Crippen molar-refractivity contribution in [1.29, 1.82) is 0 Å². The molecule has 0 saturated carbocycles. The minimum absolute atomic E-state index is 0.0478. The van der Waals surface area contributed by atoms with Gasteiger partial charge < -0.3 is 4.90 Å². The fourth-order valence-electron chi connectivity index (χ4n) is 3.86. The van der Waals surface area contributed by atoms with E-state index in [1.807, 2.05) is 29.2 Å². The van der Waals surface area contributed by atoms with E-state index in [1.54, 1.807) is 36.4 Å². The first-order valence-electron chi connectivity index (χ1n) is 10.1. The number of nitrogens with one attached hydrogen (secondary N) is 1. The van der Waals surface area contributed by atoms with Crippen molar-refractivity contribution in [3.8, 4) is 0 Å². The summed E-state index contributed by atoms with van der Waals surface area (Å²) in [6.07, 6.45) is 2.80. The van der Waals surface area contributed by atoms with Crippen molar-refractivity contribution in [2.24, 2.45) is 0 Å². The van der Waals surface area contributed by atoms with Crippen LogP contribution in [0.1, 0.15) is 28.8 Å². The van der Waals surface area contributed by atoms with Crippen LogP contribution in [-0.2, 0) is 16.4 Å². The van der Waals surface area contributed by atoms with Gasteiger partial charge in [0.15, 0.2) is 0 Å². The number of hydrogen-bond donors (Lipinski definition) is 1. The quantitative estimate of drug-likeness (QED) is 0.645. The molecule has 1 unspecified atom stereocenters. The molecule has 154 valence electrons. The summed E-state index contributed by atoms with van der Waals surface area (Å²) in [4.78, 5) is 15.1. The molecule has 0 radical (unpaired) electrons. The van der Waals surface area contributed by atoms with Crippen molar-refractivity contribution in [2.45, 2.75) is 30.2 Å². The Morgan fingerprint density at radius 1 is 0.900 bits per heavy atom. The second kappa shape index (κ2) is 8.71. The first kappa shape index (κ1) is 20.2. The van der Waals surface area contributed by atoms with E-state index in [2.05, 4.69) is 16.9 Å². The number of hydrogen-bond acceptors (Lipinski definition) is 3. The van der Waals surface area contributed by atoms with Gasteiger partial charge in [-0.15, -0.1) is 0 Å². The van der Waals surface area contributed by atoms with Crippen LogP contribution in [0, 0.1) is 0 Å². The number of amides is 1. The molecule has 0 aromatic heterocycles. The maximum atomic E-state index is 13.1. The summed E-state index contributed by atoms with van der Waals surface area (Å²) in [7, 11) is -3.70. The zero-order chi connectivity index (χ0) is 21.0. The normalized spacial score (nSPS) is 16.4. The van der Waals surface area contributed by atoms with Gasteiger partial charge in [-0.05, 0) is 61.2 Å². The Hall–Kier alpha value is -3.12. The fraction of sp³-hybridized carbons (Fsp3) is 0.208. The highest BCUT2D eigenvalue weighted by Gasteiger charge is 2.29. The molecule has 1 fully saturated rings. The van der Waals surface area contributed by atoms with Gasteiger partial charge in [0.05, 0.1) is 4.90 Å². The molecule has 0 bridgehead atoms. The molecule has 4 rings (SSSR count). The van der Waals surface area contributed by atoms with Gasteiger partial charge in [-0.25, -0.2) is 8.42 Å². The van der Waals surface area contributed by atoms with Crippen molar-refractivity contribution >= 4 is 21.6 Å². The summed E-state index contributed by atoms with van der Waals surface area (Å²) >= 11 is 0. The molecular formula is C24H24N2O3S. The average Bonchev–Trinajstić information content (AvgIpc) is 3.22. The number of carbonyl (C=O) groups is 1. The van der Waals surface area contributed by atoms with Crippen LogP contribution in [-0.4, -0.2) is 31.8 Å². The molecule has 5 nitrogen and oxygen atoms in total. The van der Waals surface area contributed by atoms with Gasteiger partial charge in [0, 0.05) is 23.8 Å². The van der Waals surface area contributed by atoms with Crippen LogP contribution >= 0.6 is 0 Å². The van der Waals surface area contributed by atoms with Gasteiger partial charge in [-0.1, -0.05) is 48.5 Å². The Morgan fingerprint density at radius 2 is 1.53 bits per heavy atom. The number of para-hydroxylation sites is 1. The summed E-state index contributed by atoms with van der Waals surface area (Å²) in [6, 6.07) is 25.3.